The number of nitrogens with one attached hydrogen (secondary N) is 1. The van der Waals surface area contributed by atoms with Gasteiger partial charge in [0.2, 0.25) is 16.0 Å². The lowest BCUT2D eigenvalue weighted by atomic mass is 10.3. The average Bonchev–Trinajstić information content (AvgIpc) is 2.96. The third-order valence-corrected chi connectivity index (χ3v) is 7.54. The second-order valence-electron chi connectivity index (χ2n) is 6.39. The van der Waals surface area contributed by atoms with Gasteiger partial charge in [-0.25, -0.2) is 25.8 Å². The van der Waals surface area contributed by atoms with Crippen molar-refractivity contribution in [1.82, 2.24) is 8.96 Å². The number of rotatable bonds is 6. The third-order valence-electron chi connectivity index (χ3n) is 4.08. The third kappa shape index (κ3) is 3.73. The number of nitro groups is 1. The summed E-state index contributed by atoms with van der Waals surface area (Å²) in [5.74, 6) is -0.243. The van der Waals surface area contributed by atoms with E-state index in [0.29, 0.717) is 0 Å². The number of anilines is 2. The van der Waals surface area contributed by atoms with E-state index < -0.39 is 30.2 Å². The average molecular weight is 439 g/mol. The lowest BCUT2D eigenvalue weighted by Crippen LogP contribution is -2.23. The van der Waals surface area contributed by atoms with Gasteiger partial charge < -0.3 is 5.73 Å². The van der Waals surface area contributed by atoms with Crippen molar-refractivity contribution >= 4 is 48.4 Å². The van der Waals surface area contributed by atoms with Gasteiger partial charge in [-0.15, -0.1) is 0 Å². The predicted molar refractivity (Wildman–Crippen MR) is 108 cm³/mol. The van der Waals surface area contributed by atoms with Gasteiger partial charge in [0, 0.05) is 12.1 Å². The standard InChI is InChI=1S/C16H17N5O6S2/c1-10(2)29(26,27)20-15-7-6-11(8-14(15)18-16(20)17)19-28(24,25)13-5-3-4-12(9-13)21(22)23/h3-10,19H,1-2H3,(H2,17,18). The molecule has 0 aliphatic carbocycles. The summed E-state index contributed by atoms with van der Waals surface area (Å²) < 4.78 is 53.3. The van der Waals surface area contributed by atoms with Gasteiger partial charge in [-0.1, -0.05) is 6.07 Å². The maximum Gasteiger partial charge on any atom is 0.270 e. The molecule has 2 aromatic carbocycles. The van der Waals surface area contributed by atoms with Crippen molar-refractivity contribution in [2.75, 3.05) is 10.5 Å². The molecule has 1 heterocycles. The van der Waals surface area contributed by atoms with Crippen LogP contribution in [0, 0.1) is 10.1 Å². The van der Waals surface area contributed by atoms with E-state index in [4.69, 9.17) is 5.73 Å². The molecular weight excluding hydrogens is 422 g/mol. The summed E-state index contributed by atoms with van der Waals surface area (Å²) >= 11 is 0. The van der Waals surface area contributed by atoms with Gasteiger partial charge in [-0.05, 0) is 38.1 Å². The number of hydrogen-bond acceptors (Lipinski definition) is 8. The van der Waals surface area contributed by atoms with Gasteiger partial charge in [0.05, 0.1) is 31.8 Å². The summed E-state index contributed by atoms with van der Waals surface area (Å²) in [6, 6.07) is 8.64. The molecule has 3 aromatic rings. The molecule has 11 nitrogen and oxygen atoms in total. The summed E-state index contributed by atoms with van der Waals surface area (Å²) in [4.78, 5) is 13.9. The SMILES string of the molecule is CC(C)S(=O)(=O)n1c(N)nc2cc(NS(=O)(=O)c3cccc([N+](=O)[O-])c3)ccc21. The Morgan fingerprint density at radius 3 is 2.45 bits per heavy atom. The Bertz CT molecular complexity index is 1330. The molecule has 0 radical (unpaired) electrons. The summed E-state index contributed by atoms with van der Waals surface area (Å²) in [6.07, 6.45) is 0. The molecule has 0 amide bonds. The number of nitrogens with two attached hydrogens (primary N) is 1. The zero-order valence-corrected chi connectivity index (χ0v) is 16.9. The van der Waals surface area contributed by atoms with E-state index in [2.05, 4.69) is 9.71 Å². The maximum atomic E-state index is 12.6. The number of nitrogen functional groups attached to an aromatic ring is 1. The van der Waals surface area contributed by atoms with Crippen LogP contribution in [0.25, 0.3) is 11.0 Å². The Morgan fingerprint density at radius 1 is 1.14 bits per heavy atom. The van der Waals surface area contributed by atoms with Crippen molar-refractivity contribution in [3.05, 3.63) is 52.6 Å². The number of fused-ring (bicyclic) bond motifs is 1. The van der Waals surface area contributed by atoms with E-state index in [0.717, 1.165) is 10.0 Å². The minimum absolute atomic E-state index is 0.0931. The summed E-state index contributed by atoms with van der Waals surface area (Å²) in [5.41, 5.74) is 5.86. The van der Waals surface area contributed by atoms with E-state index in [1.807, 2.05) is 0 Å². The number of hydrogen-bond donors (Lipinski definition) is 2. The van der Waals surface area contributed by atoms with Gasteiger partial charge in [0.25, 0.3) is 15.7 Å². The lowest BCUT2D eigenvalue weighted by Gasteiger charge is -2.11. The van der Waals surface area contributed by atoms with E-state index in [-0.39, 0.29) is 33.3 Å². The molecule has 29 heavy (non-hydrogen) atoms. The minimum Gasteiger partial charge on any atom is -0.368 e. The number of non-ortho nitro benzene ring substituents is 1. The molecule has 1 aromatic heterocycles. The summed E-state index contributed by atoms with van der Waals surface area (Å²) in [7, 11) is -7.89. The van der Waals surface area contributed by atoms with Crippen LogP contribution in [0.15, 0.2) is 47.4 Å². The first-order chi connectivity index (χ1) is 13.4. The van der Waals surface area contributed by atoms with E-state index in [1.54, 1.807) is 0 Å². The molecule has 0 fully saturated rings. The molecule has 0 unspecified atom stereocenters. The van der Waals surface area contributed by atoms with Crippen LogP contribution in [-0.2, 0) is 20.0 Å². The van der Waals surface area contributed by atoms with Gasteiger partial charge >= 0.3 is 0 Å². The summed E-state index contributed by atoms with van der Waals surface area (Å²) in [6.45, 7) is 3.00. The highest BCUT2D eigenvalue weighted by Gasteiger charge is 2.25. The number of nitro benzene ring substituents is 1. The highest BCUT2D eigenvalue weighted by Crippen LogP contribution is 2.27. The number of sulfonamides is 1. The molecule has 0 aliphatic heterocycles. The molecule has 0 atom stereocenters. The Kier molecular flexibility index (Phi) is 4.96. The van der Waals surface area contributed by atoms with Crippen LogP contribution >= 0.6 is 0 Å². The van der Waals surface area contributed by atoms with Crippen molar-refractivity contribution in [2.24, 2.45) is 0 Å². The largest absolute Gasteiger partial charge is 0.368 e. The number of nitrogens with zero attached hydrogens (tertiary/aromatic N) is 3. The fourth-order valence-corrected chi connectivity index (χ4v) is 4.84. The second-order valence-corrected chi connectivity index (χ2v) is 10.4. The first-order valence-corrected chi connectivity index (χ1v) is 11.2. The van der Waals surface area contributed by atoms with Gasteiger partial charge in [0.1, 0.15) is 0 Å². The second kappa shape index (κ2) is 7.00. The van der Waals surface area contributed by atoms with Gasteiger partial charge in [-0.3, -0.25) is 14.8 Å². The van der Waals surface area contributed by atoms with Crippen LogP contribution in [0.4, 0.5) is 17.3 Å². The van der Waals surface area contributed by atoms with Crippen LogP contribution in [0.3, 0.4) is 0 Å². The molecule has 0 saturated carbocycles. The predicted octanol–water partition coefficient (Wildman–Crippen LogP) is 1.91. The Labute approximate surface area is 166 Å². The number of imidazole rings is 1. The first-order valence-electron chi connectivity index (χ1n) is 8.23. The van der Waals surface area contributed by atoms with Crippen LogP contribution in [0.2, 0.25) is 0 Å². The molecule has 154 valence electrons. The van der Waals surface area contributed by atoms with Crippen LogP contribution in [0.5, 0.6) is 0 Å². The molecule has 3 N–H and O–H groups in total. The topological polar surface area (TPSA) is 167 Å². The van der Waals surface area contributed by atoms with E-state index in [9.17, 15) is 26.9 Å². The molecule has 0 bridgehead atoms. The maximum absolute atomic E-state index is 12.6. The Balaban J connectivity index is 2.02. The van der Waals surface area contributed by atoms with Crippen molar-refractivity contribution in [3.8, 4) is 0 Å². The quantitative estimate of drug-likeness (QED) is 0.434. The number of benzene rings is 2. The molecular formula is C16H17N5O6S2. The highest BCUT2D eigenvalue weighted by atomic mass is 32.2. The monoisotopic (exact) mass is 439 g/mol. The fourth-order valence-electron chi connectivity index (χ4n) is 2.60. The van der Waals surface area contributed by atoms with Crippen molar-refractivity contribution < 1.29 is 21.8 Å². The highest BCUT2D eigenvalue weighted by molar-refractivity contribution is 7.92. The molecule has 3 rings (SSSR count). The molecule has 0 aliphatic rings. The molecule has 0 spiro atoms. The van der Waals surface area contributed by atoms with Gasteiger partial charge in [-0.2, -0.15) is 0 Å². The van der Waals surface area contributed by atoms with Crippen LogP contribution in [0.1, 0.15) is 13.8 Å². The minimum atomic E-state index is -4.12. The Morgan fingerprint density at radius 2 is 1.83 bits per heavy atom. The smallest absolute Gasteiger partial charge is 0.270 e. The summed E-state index contributed by atoms with van der Waals surface area (Å²) in [5, 5.41) is 10.1. The number of aromatic nitrogens is 2. The first kappa shape index (κ1) is 20.5. The van der Waals surface area contributed by atoms with E-state index in [1.165, 1.54) is 50.2 Å². The fraction of sp³-hybridized carbons (Fsp3) is 0.188. The zero-order chi connectivity index (χ0) is 21.6. The molecule has 13 heteroatoms. The van der Waals surface area contributed by atoms with E-state index >= 15 is 0 Å². The van der Waals surface area contributed by atoms with Crippen LogP contribution < -0.4 is 10.5 Å². The van der Waals surface area contributed by atoms with Crippen molar-refractivity contribution in [1.29, 1.82) is 0 Å². The lowest BCUT2D eigenvalue weighted by molar-refractivity contribution is -0.385. The Hall–Kier alpha value is -3.19. The van der Waals surface area contributed by atoms with Crippen LogP contribution in [-0.4, -0.2) is 36.0 Å². The van der Waals surface area contributed by atoms with Gasteiger partial charge in [0.15, 0.2) is 0 Å². The van der Waals surface area contributed by atoms with Crippen molar-refractivity contribution in [2.45, 2.75) is 24.0 Å². The normalized spacial score (nSPS) is 12.4. The molecule has 0 saturated heterocycles. The van der Waals surface area contributed by atoms with Crippen molar-refractivity contribution in [3.63, 3.8) is 0 Å². The zero-order valence-electron chi connectivity index (χ0n) is 15.3.